The molecule has 32 heavy (non-hydrogen) atoms. The second-order valence-corrected chi connectivity index (χ2v) is 16.3. The third kappa shape index (κ3) is 5.01. The molecule has 8 heteroatoms. The molecule has 3 atom stereocenters. The first kappa shape index (κ1) is 25.1. The van der Waals surface area contributed by atoms with Crippen LogP contribution in [0.25, 0.3) is 0 Å². The maximum absolute atomic E-state index is 13.2. The van der Waals surface area contributed by atoms with Crippen LogP contribution in [-0.2, 0) is 18.8 Å². The molecule has 0 spiro atoms. The van der Waals surface area contributed by atoms with Gasteiger partial charge in [-0.3, -0.25) is 4.79 Å². The van der Waals surface area contributed by atoms with Crippen molar-refractivity contribution in [2.24, 2.45) is 5.92 Å². The molecule has 1 amide bonds. The van der Waals surface area contributed by atoms with Crippen LogP contribution in [0.1, 0.15) is 34.1 Å². The summed E-state index contributed by atoms with van der Waals surface area (Å²) in [7, 11) is -2.03. The number of amides is 1. The predicted molar refractivity (Wildman–Crippen MR) is 132 cm³/mol. The van der Waals surface area contributed by atoms with Crippen molar-refractivity contribution < 1.29 is 18.8 Å². The minimum absolute atomic E-state index is 0.0505. The summed E-state index contributed by atoms with van der Waals surface area (Å²) in [6.07, 6.45) is 0.388. The normalized spacial score (nSPS) is 21.8. The number of benzene rings is 1. The van der Waals surface area contributed by atoms with Crippen LogP contribution < -0.4 is 0 Å². The highest BCUT2D eigenvalue weighted by molar-refractivity contribution is 8.03. The Balaban J connectivity index is 1.83. The highest BCUT2D eigenvalue weighted by atomic mass is 35.5. The van der Waals surface area contributed by atoms with Gasteiger partial charge in [0.05, 0.1) is 18.1 Å². The van der Waals surface area contributed by atoms with Crippen molar-refractivity contribution in [3.05, 3.63) is 52.5 Å². The number of rotatable bonds is 8. The summed E-state index contributed by atoms with van der Waals surface area (Å²) in [5, 5.41) is 0.282. The molecule has 1 aromatic rings. The standard InChI is InChI=1S/C24H32ClNO4SSi/c1-15(25)14-29-23(28)21-19(31-17-11-9-8-10-12-17)13-18-20(22(27)26(18)21)16(2)30-32(6,7)24(3,4)5/h8-12,16,18,20H,1,13-14H2,2-7H3/t16-,18-,20-/m1/s1. The van der Waals surface area contributed by atoms with Gasteiger partial charge in [-0.1, -0.05) is 68.9 Å². The van der Waals surface area contributed by atoms with Gasteiger partial charge in [0, 0.05) is 21.3 Å². The maximum Gasteiger partial charge on any atom is 0.356 e. The lowest BCUT2D eigenvalue weighted by molar-refractivity contribution is -0.161. The molecule has 2 heterocycles. The number of nitrogens with zero attached hydrogens (tertiary/aromatic N) is 1. The lowest BCUT2D eigenvalue weighted by Crippen LogP contribution is -2.63. The van der Waals surface area contributed by atoms with Gasteiger partial charge in [0.1, 0.15) is 12.3 Å². The number of thioether (sulfide) groups is 1. The molecular formula is C24H32ClNO4SSi. The van der Waals surface area contributed by atoms with E-state index in [-0.39, 0.29) is 40.6 Å². The van der Waals surface area contributed by atoms with E-state index in [1.165, 1.54) is 11.8 Å². The van der Waals surface area contributed by atoms with Gasteiger partial charge >= 0.3 is 5.97 Å². The van der Waals surface area contributed by atoms with E-state index in [4.69, 9.17) is 20.8 Å². The van der Waals surface area contributed by atoms with E-state index in [1.807, 2.05) is 37.3 Å². The summed E-state index contributed by atoms with van der Waals surface area (Å²) in [4.78, 5) is 29.6. The number of fused-ring (bicyclic) bond motifs is 1. The number of hydrogen-bond acceptors (Lipinski definition) is 5. The van der Waals surface area contributed by atoms with Gasteiger partial charge in [0.2, 0.25) is 5.91 Å². The number of carbonyl (C=O) groups excluding carboxylic acids is 2. The largest absolute Gasteiger partial charge is 0.455 e. The quantitative estimate of drug-likeness (QED) is 0.255. The fourth-order valence-electron chi connectivity index (χ4n) is 3.86. The van der Waals surface area contributed by atoms with E-state index in [9.17, 15) is 9.59 Å². The first-order valence-corrected chi connectivity index (χ1v) is 14.9. The smallest absolute Gasteiger partial charge is 0.356 e. The third-order valence-corrected chi connectivity index (χ3v) is 12.3. The number of esters is 1. The molecule has 0 bridgehead atoms. The summed E-state index contributed by atoms with van der Waals surface area (Å²) in [5.41, 5.74) is 0.322. The minimum atomic E-state index is -2.03. The zero-order chi connectivity index (χ0) is 23.8. The van der Waals surface area contributed by atoms with E-state index in [2.05, 4.69) is 40.4 Å². The van der Waals surface area contributed by atoms with Crippen LogP contribution >= 0.6 is 23.4 Å². The Bertz CT molecular complexity index is 941. The second-order valence-electron chi connectivity index (χ2n) is 9.87. The van der Waals surface area contributed by atoms with Crippen LogP contribution in [0.5, 0.6) is 0 Å². The Morgan fingerprint density at radius 2 is 1.94 bits per heavy atom. The molecule has 0 radical (unpaired) electrons. The van der Waals surface area contributed by atoms with Crippen molar-refractivity contribution >= 4 is 43.6 Å². The van der Waals surface area contributed by atoms with Crippen molar-refractivity contribution in [1.82, 2.24) is 4.90 Å². The van der Waals surface area contributed by atoms with Gasteiger partial charge in [-0.15, -0.1) is 0 Å². The van der Waals surface area contributed by atoms with Crippen molar-refractivity contribution in [2.45, 2.75) is 69.3 Å². The molecule has 3 rings (SSSR count). The highest BCUT2D eigenvalue weighted by Gasteiger charge is 2.58. The van der Waals surface area contributed by atoms with Crippen LogP contribution in [-0.4, -0.2) is 43.8 Å². The molecule has 2 aliphatic heterocycles. The summed E-state index contributed by atoms with van der Waals surface area (Å²) >= 11 is 7.28. The Labute approximate surface area is 201 Å². The van der Waals surface area contributed by atoms with E-state index >= 15 is 0 Å². The molecule has 0 aliphatic carbocycles. The van der Waals surface area contributed by atoms with E-state index in [1.54, 1.807) is 4.90 Å². The zero-order valence-electron chi connectivity index (χ0n) is 19.6. The zero-order valence-corrected chi connectivity index (χ0v) is 22.2. The van der Waals surface area contributed by atoms with Gasteiger partial charge in [-0.05, 0) is 37.2 Å². The molecule has 5 nitrogen and oxygen atoms in total. The molecular weight excluding hydrogens is 462 g/mol. The topological polar surface area (TPSA) is 55.8 Å². The number of hydrogen-bond donors (Lipinski definition) is 0. The van der Waals surface area contributed by atoms with Gasteiger partial charge in [-0.2, -0.15) is 0 Å². The van der Waals surface area contributed by atoms with Crippen LogP contribution in [0.2, 0.25) is 18.1 Å². The predicted octanol–water partition coefficient (Wildman–Crippen LogP) is 5.93. The fraction of sp³-hybridized carbons (Fsp3) is 0.500. The number of carbonyl (C=O) groups is 2. The van der Waals surface area contributed by atoms with Gasteiger partial charge in [-0.25, -0.2) is 4.79 Å². The summed E-state index contributed by atoms with van der Waals surface area (Å²) in [6, 6.07) is 9.71. The molecule has 2 aliphatic rings. The summed E-state index contributed by atoms with van der Waals surface area (Å²) in [6.45, 7) is 16.4. The summed E-state index contributed by atoms with van der Waals surface area (Å²) < 4.78 is 11.9. The van der Waals surface area contributed by atoms with Crippen molar-refractivity contribution in [3.8, 4) is 0 Å². The Morgan fingerprint density at radius 1 is 1.31 bits per heavy atom. The van der Waals surface area contributed by atoms with Crippen LogP contribution in [0.4, 0.5) is 0 Å². The van der Waals surface area contributed by atoms with E-state index < -0.39 is 14.3 Å². The Hall–Kier alpha value is -1.54. The fourth-order valence-corrected chi connectivity index (χ4v) is 6.45. The number of halogens is 1. The molecule has 0 unspecified atom stereocenters. The second kappa shape index (κ2) is 9.37. The van der Waals surface area contributed by atoms with Gasteiger partial charge < -0.3 is 14.1 Å². The molecule has 0 saturated carbocycles. The van der Waals surface area contributed by atoms with Crippen molar-refractivity contribution in [2.75, 3.05) is 6.61 Å². The lowest BCUT2D eigenvalue weighted by Gasteiger charge is -2.48. The van der Waals surface area contributed by atoms with E-state index in [0.29, 0.717) is 12.1 Å². The average Bonchev–Trinajstić information content (AvgIpc) is 2.99. The summed E-state index contributed by atoms with van der Waals surface area (Å²) in [5.74, 6) is -0.900. The van der Waals surface area contributed by atoms with Crippen LogP contribution in [0.15, 0.2) is 57.4 Å². The Morgan fingerprint density at radius 3 is 2.50 bits per heavy atom. The molecule has 0 N–H and O–H groups in total. The van der Waals surface area contributed by atoms with Crippen LogP contribution in [0.3, 0.4) is 0 Å². The van der Waals surface area contributed by atoms with Crippen molar-refractivity contribution in [3.63, 3.8) is 0 Å². The lowest BCUT2D eigenvalue weighted by atomic mass is 9.83. The first-order chi connectivity index (χ1) is 14.8. The maximum atomic E-state index is 13.2. The molecule has 1 fully saturated rings. The highest BCUT2D eigenvalue weighted by Crippen LogP contribution is 2.50. The first-order valence-electron chi connectivity index (χ1n) is 10.8. The number of β-lactam (4-membered cyclic amide) rings is 1. The molecule has 174 valence electrons. The molecule has 1 saturated heterocycles. The van der Waals surface area contributed by atoms with Crippen molar-refractivity contribution in [1.29, 1.82) is 0 Å². The Kier molecular flexibility index (Phi) is 7.35. The third-order valence-electron chi connectivity index (χ3n) is 6.50. The molecule has 0 aromatic heterocycles. The monoisotopic (exact) mass is 493 g/mol. The van der Waals surface area contributed by atoms with Gasteiger partial charge in [0.25, 0.3) is 0 Å². The molecule has 1 aromatic carbocycles. The minimum Gasteiger partial charge on any atom is -0.455 e. The van der Waals surface area contributed by atoms with Crippen LogP contribution in [0, 0.1) is 5.92 Å². The number of ether oxygens (including phenoxy) is 1. The average molecular weight is 494 g/mol. The SMILES string of the molecule is C=C(Cl)COC(=O)C1=C(Sc2ccccc2)C[C@@H]2[C@@H]([C@@H](C)O[Si](C)(C)C(C)(C)C)C(=O)N12. The van der Waals surface area contributed by atoms with Gasteiger partial charge in [0.15, 0.2) is 8.32 Å². The van der Waals surface area contributed by atoms with E-state index in [0.717, 1.165) is 9.80 Å².